The second-order valence-corrected chi connectivity index (χ2v) is 10.0. The molecule has 3 rings (SSSR count). The fourth-order valence-corrected chi connectivity index (χ4v) is 4.57. The smallest absolute Gasteiger partial charge is 0.390 e. The Hall–Kier alpha value is -3.49. The molecule has 0 aliphatic carbocycles. The fourth-order valence-electron chi connectivity index (χ4n) is 4.41. The highest BCUT2D eigenvalue weighted by atomic mass is 35.5. The molecule has 1 amide bonds. The van der Waals surface area contributed by atoms with Crippen molar-refractivity contribution in [3.63, 3.8) is 0 Å². The van der Waals surface area contributed by atoms with Crippen molar-refractivity contribution >= 4 is 40.8 Å². The van der Waals surface area contributed by atoms with Crippen LogP contribution in [0.1, 0.15) is 35.2 Å². The number of carboxylic acid groups (broad SMARTS) is 1. The maximum absolute atomic E-state index is 15.0. The van der Waals surface area contributed by atoms with E-state index in [1.807, 2.05) is 4.90 Å². The molecule has 1 aliphatic rings. The Morgan fingerprint density at radius 2 is 1.76 bits per heavy atom. The number of halogens is 6. The number of carboxylic acids is 1. The number of hydrogen-bond acceptors (Lipinski definition) is 7. The van der Waals surface area contributed by atoms with Gasteiger partial charge in [0.15, 0.2) is 11.6 Å². The van der Waals surface area contributed by atoms with Crippen LogP contribution in [0.4, 0.5) is 33.3 Å². The molecule has 15 heteroatoms. The van der Waals surface area contributed by atoms with Crippen LogP contribution in [-0.2, 0) is 20.9 Å². The minimum absolute atomic E-state index is 0.126. The molecule has 42 heavy (non-hydrogen) atoms. The molecule has 1 saturated heterocycles. The summed E-state index contributed by atoms with van der Waals surface area (Å²) in [7, 11) is 1.11. The molecule has 0 spiro atoms. The number of nitrogens with zero attached hydrogens (tertiary/aromatic N) is 2. The molecule has 1 atom stereocenters. The van der Waals surface area contributed by atoms with E-state index in [2.05, 4.69) is 15.4 Å². The van der Waals surface area contributed by atoms with E-state index in [1.165, 1.54) is 12.1 Å². The fraction of sp³-hybridized carbons (Fsp3) is 0.444. The number of carbonyl (C=O) groups is 3. The van der Waals surface area contributed by atoms with Crippen LogP contribution in [0, 0.1) is 11.6 Å². The van der Waals surface area contributed by atoms with E-state index in [0.717, 1.165) is 19.2 Å². The zero-order valence-electron chi connectivity index (χ0n) is 22.6. The maximum atomic E-state index is 15.0. The Labute approximate surface area is 243 Å². The van der Waals surface area contributed by atoms with Gasteiger partial charge < -0.3 is 25.4 Å². The number of rotatable bonds is 12. The van der Waals surface area contributed by atoms with Crippen LogP contribution in [0.2, 0.25) is 5.02 Å². The van der Waals surface area contributed by atoms with Crippen molar-refractivity contribution in [2.24, 2.45) is 0 Å². The normalized spacial score (nSPS) is 14.9. The lowest BCUT2D eigenvalue weighted by Crippen LogP contribution is -2.47. The topological polar surface area (TPSA) is 111 Å². The zero-order chi connectivity index (χ0) is 31.0. The van der Waals surface area contributed by atoms with Gasteiger partial charge in [0, 0.05) is 56.3 Å². The third-order valence-electron chi connectivity index (χ3n) is 6.71. The number of benzene rings is 2. The first-order valence-corrected chi connectivity index (χ1v) is 13.3. The van der Waals surface area contributed by atoms with Gasteiger partial charge in [-0.2, -0.15) is 13.2 Å². The van der Waals surface area contributed by atoms with E-state index in [1.54, 1.807) is 11.0 Å². The zero-order valence-corrected chi connectivity index (χ0v) is 23.3. The first kappa shape index (κ1) is 33.0. The summed E-state index contributed by atoms with van der Waals surface area (Å²) in [5.74, 6) is -5.63. The standard InChI is InChI=1S/C27H30ClF5N4O5/c1-42-26(41)20(6-7-22(38)39)34-15-16-2-4-18(24(30)23(16)29)25(40)35-19-5-3-17(28)14-21(19)37-12-10-36(11-13-37)9-8-27(31,32)33/h2-5,14,20,34H,6-13,15H2,1H3,(H,35,40)(H,38,39). The van der Waals surface area contributed by atoms with Gasteiger partial charge in [-0.3, -0.25) is 19.3 Å². The second kappa shape index (κ2) is 14.6. The predicted molar refractivity (Wildman–Crippen MR) is 145 cm³/mol. The Kier molecular flexibility index (Phi) is 11.5. The Balaban J connectivity index is 1.70. The number of alkyl halides is 3. The predicted octanol–water partition coefficient (Wildman–Crippen LogP) is 4.44. The second-order valence-electron chi connectivity index (χ2n) is 9.60. The molecule has 1 fully saturated rings. The largest absolute Gasteiger partial charge is 0.481 e. The quantitative estimate of drug-likeness (QED) is 0.236. The molecule has 2 aromatic rings. The Morgan fingerprint density at radius 3 is 2.38 bits per heavy atom. The minimum atomic E-state index is -4.25. The van der Waals surface area contributed by atoms with E-state index in [4.69, 9.17) is 16.7 Å². The van der Waals surface area contributed by atoms with Crippen molar-refractivity contribution < 1.29 is 46.2 Å². The number of esters is 1. The van der Waals surface area contributed by atoms with Gasteiger partial charge in [-0.05, 0) is 30.7 Å². The number of hydrogen-bond donors (Lipinski definition) is 3. The number of anilines is 2. The first-order valence-electron chi connectivity index (χ1n) is 12.9. The van der Waals surface area contributed by atoms with Crippen LogP contribution >= 0.6 is 11.6 Å². The number of aliphatic carboxylic acids is 1. The van der Waals surface area contributed by atoms with Crippen molar-refractivity contribution in [3.8, 4) is 0 Å². The summed E-state index contributed by atoms with van der Waals surface area (Å²) in [4.78, 5) is 39.2. The van der Waals surface area contributed by atoms with Crippen molar-refractivity contribution in [1.82, 2.24) is 10.2 Å². The Morgan fingerprint density at radius 1 is 1.07 bits per heavy atom. The molecular formula is C27H30ClF5N4O5. The van der Waals surface area contributed by atoms with Gasteiger partial charge in [0.25, 0.3) is 5.91 Å². The van der Waals surface area contributed by atoms with Gasteiger partial charge in [-0.15, -0.1) is 0 Å². The monoisotopic (exact) mass is 620 g/mol. The summed E-state index contributed by atoms with van der Waals surface area (Å²) >= 11 is 6.15. The summed E-state index contributed by atoms with van der Waals surface area (Å²) in [6.07, 6.45) is -5.67. The van der Waals surface area contributed by atoms with Crippen molar-refractivity contribution in [1.29, 1.82) is 0 Å². The molecule has 2 aromatic carbocycles. The van der Waals surface area contributed by atoms with Crippen LogP contribution in [0.3, 0.4) is 0 Å². The Bertz CT molecular complexity index is 1290. The lowest BCUT2D eigenvalue weighted by atomic mass is 10.1. The summed E-state index contributed by atoms with van der Waals surface area (Å²) < 4.78 is 72.2. The summed E-state index contributed by atoms with van der Waals surface area (Å²) in [5, 5.41) is 14.4. The molecule has 0 aromatic heterocycles. The van der Waals surface area contributed by atoms with Crippen molar-refractivity contribution in [2.75, 3.05) is 50.1 Å². The third kappa shape index (κ3) is 9.26. The summed E-state index contributed by atoms with van der Waals surface area (Å²) in [6, 6.07) is 5.71. The number of piperazine rings is 1. The number of nitrogens with one attached hydrogen (secondary N) is 2. The van der Waals surface area contributed by atoms with E-state index < -0.39 is 53.7 Å². The summed E-state index contributed by atoms with van der Waals surface area (Å²) in [5.41, 5.74) is -0.0744. The van der Waals surface area contributed by atoms with Gasteiger partial charge in [-0.25, -0.2) is 8.78 Å². The molecule has 1 unspecified atom stereocenters. The highest BCUT2D eigenvalue weighted by Crippen LogP contribution is 2.31. The van der Waals surface area contributed by atoms with Gasteiger partial charge in [-0.1, -0.05) is 17.7 Å². The SMILES string of the molecule is COC(=O)C(CCC(=O)O)NCc1ccc(C(=O)Nc2ccc(Cl)cc2N2CCN(CCC(F)(F)F)CC2)c(F)c1F. The van der Waals surface area contributed by atoms with Gasteiger partial charge in [0.1, 0.15) is 6.04 Å². The molecule has 0 radical (unpaired) electrons. The molecule has 230 valence electrons. The molecule has 3 N–H and O–H groups in total. The van der Waals surface area contributed by atoms with Crippen LogP contribution in [0.5, 0.6) is 0 Å². The van der Waals surface area contributed by atoms with Crippen LogP contribution in [0.25, 0.3) is 0 Å². The van der Waals surface area contributed by atoms with Gasteiger partial charge in [0.05, 0.1) is 30.5 Å². The van der Waals surface area contributed by atoms with E-state index in [0.29, 0.717) is 36.9 Å². The van der Waals surface area contributed by atoms with Crippen molar-refractivity contribution in [3.05, 3.63) is 58.1 Å². The highest BCUT2D eigenvalue weighted by molar-refractivity contribution is 6.31. The van der Waals surface area contributed by atoms with Crippen LogP contribution in [-0.4, -0.2) is 79.9 Å². The minimum Gasteiger partial charge on any atom is -0.481 e. The summed E-state index contributed by atoms with van der Waals surface area (Å²) in [6.45, 7) is 0.922. The van der Waals surface area contributed by atoms with E-state index in [-0.39, 0.29) is 37.2 Å². The number of amides is 1. The van der Waals surface area contributed by atoms with E-state index >= 15 is 0 Å². The maximum Gasteiger partial charge on any atom is 0.390 e. The van der Waals surface area contributed by atoms with E-state index in [9.17, 15) is 36.3 Å². The third-order valence-corrected chi connectivity index (χ3v) is 6.95. The van der Waals surface area contributed by atoms with Crippen LogP contribution < -0.4 is 15.5 Å². The average Bonchev–Trinajstić information content (AvgIpc) is 2.94. The first-order chi connectivity index (χ1) is 19.8. The molecule has 9 nitrogen and oxygen atoms in total. The molecule has 0 bridgehead atoms. The molecular weight excluding hydrogens is 591 g/mol. The lowest BCUT2D eigenvalue weighted by molar-refractivity contribution is -0.144. The lowest BCUT2D eigenvalue weighted by Gasteiger charge is -2.37. The highest BCUT2D eigenvalue weighted by Gasteiger charge is 2.29. The molecule has 0 saturated carbocycles. The molecule has 1 heterocycles. The molecule has 1 aliphatic heterocycles. The number of ether oxygens (including phenoxy) is 1. The van der Waals surface area contributed by atoms with Crippen molar-refractivity contribution in [2.45, 2.75) is 38.0 Å². The number of methoxy groups -OCH3 is 1. The van der Waals surface area contributed by atoms with Gasteiger partial charge >= 0.3 is 18.1 Å². The van der Waals surface area contributed by atoms with Crippen LogP contribution in [0.15, 0.2) is 30.3 Å². The van der Waals surface area contributed by atoms with Gasteiger partial charge in [0.2, 0.25) is 0 Å². The number of carbonyl (C=O) groups excluding carboxylic acids is 2. The average molecular weight is 621 g/mol.